The minimum atomic E-state index is -0.164. The summed E-state index contributed by atoms with van der Waals surface area (Å²) >= 11 is 6.26. The monoisotopic (exact) mass is 383 g/mol. The number of benzene rings is 2. The van der Waals surface area contributed by atoms with E-state index in [0.717, 1.165) is 16.7 Å². The van der Waals surface area contributed by atoms with Crippen LogP contribution < -0.4 is 10.1 Å². The van der Waals surface area contributed by atoms with Crippen LogP contribution in [0.25, 0.3) is 0 Å². The van der Waals surface area contributed by atoms with E-state index in [1.165, 1.54) is 7.11 Å². The predicted octanol–water partition coefficient (Wildman–Crippen LogP) is 3.77. The topological polar surface area (TPSA) is 76.4 Å². The quantitative estimate of drug-likeness (QED) is 0.719. The van der Waals surface area contributed by atoms with Gasteiger partial charge in [0.25, 0.3) is 0 Å². The van der Waals surface area contributed by atoms with E-state index in [-0.39, 0.29) is 17.6 Å². The second-order valence-corrected chi connectivity index (χ2v) is 6.84. The molecule has 138 valence electrons. The largest absolute Gasteiger partial charge is 0.504 e. The van der Waals surface area contributed by atoms with Crippen molar-refractivity contribution in [1.82, 2.24) is 9.78 Å². The Kier molecular flexibility index (Phi) is 4.49. The SMILES string of the molecule is COc1cc([C@@H]2CC(=O)Nc3c2cnn3Cc2ccccc2Cl)ccc1O. The standard InChI is InChI=1S/C20H18ClN3O3/c1-27-18-8-12(6-7-17(18)25)14-9-19(26)23-20-15(14)10-22-24(20)11-13-4-2-3-5-16(13)21/h2-8,10,14,25H,9,11H2,1H3,(H,23,26)/t14-/m0/s1. The van der Waals surface area contributed by atoms with E-state index in [2.05, 4.69) is 10.4 Å². The molecule has 1 aliphatic heterocycles. The van der Waals surface area contributed by atoms with Gasteiger partial charge in [-0.1, -0.05) is 35.9 Å². The van der Waals surface area contributed by atoms with Gasteiger partial charge in [0.1, 0.15) is 5.82 Å². The lowest BCUT2D eigenvalue weighted by Gasteiger charge is -2.24. The predicted molar refractivity (Wildman–Crippen MR) is 103 cm³/mol. The fourth-order valence-electron chi connectivity index (χ4n) is 3.39. The molecule has 0 saturated carbocycles. The minimum Gasteiger partial charge on any atom is -0.504 e. The maximum atomic E-state index is 12.3. The number of nitrogens with one attached hydrogen (secondary N) is 1. The van der Waals surface area contributed by atoms with Gasteiger partial charge in [-0.3, -0.25) is 4.79 Å². The second kappa shape index (κ2) is 6.96. The molecule has 3 aromatic rings. The molecule has 0 saturated heterocycles. The number of aromatic nitrogens is 2. The molecule has 2 heterocycles. The van der Waals surface area contributed by atoms with Crippen LogP contribution in [0, 0.1) is 0 Å². The summed E-state index contributed by atoms with van der Waals surface area (Å²) in [6, 6.07) is 12.7. The van der Waals surface area contributed by atoms with Crippen molar-refractivity contribution in [2.45, 2.75) is 18.9 Å². The number of hydrogen-bond acceptors (Lipinski definition) is 4. The van der Waals surface area contributed by atoms with E-state index in [9.17, 15) is 9.90 Å². The summed E-state index contributed by atoms with van der Waals surface area (Å²) in [5, 5.41) is 17.9. The van der Waals surface area contributed by atoms with Crippen LogP contribution in [0.4, 0.5) is 5.82 Å². The first-order valence-corrected chi connectivity index (χ1v) is 8.90. The summed E-state index contributed by atoms with van der Waals surface area (Å²) in [7, 11) is 1.50. The fraction of sp³-hybridized carbons (Fsp3) is 0.200. The molecule has 0 fully saturated rings. The van der Waals surface area contributed by atoms with Gasteiger partial charge in [0.15, 0.2) is 11.5 Å². The molecule has 7 heteroatoms. The molecule has 0 aliphatic carbocycles. The number of phenols is 1. The average Bonchev–Trinajstić information content (AvgIpc) is 3.06. The van der Waals surface area contributed by atoms with Gasteiger partial charge < -0.3 is 15.2 Å². The first kappa shape index (κ1) is 17.4. The molecule has 2 aromatic carbocycles. The van der Waals surface area contributed by atoms with Gasteiger partial charge in [0, 0.05) is 22.9 Å². The van der Waals surface area contributed by atoms with Gasteiger partial charge in [0.05, 0.1) is 19.9 Å². The first-order chi connectivity index (χ1) is 13.1. The third kappa shape index (κ3) is 3.24. The van der Waals surface area contributed by atoms with Crippen LogP contribution >= 0.6 is 11.6 Å². The number of carbonyl (C=O) groups excluding carboxylic acids is 1. The number of carbonyl (C=O) groups is 1. The van der Waals surface area contributed by atoms with Crippen LogP contribution in [0.5, 0.6) is 11.5 Å². The van der Waals surface area contributed by atoms with Crippen molar-refractivity contribution in [3.63, 3.8) is 0 Å². The Morgan fingerprint density at radius 2 is 2.15 bits per heavy atom. The van der Waals surface area contributed by atoms with Gasteiger partial charge >= 0.3 is 0 Å². The number of halogens is 1. The summed E-state index contributed by atoms with van der Waals surface area (Å²) < 4.78 is 6.95. The molecule has 6 nitrogen and oxygen atoms in total. The molecule has 0 unspecified atom stereocenters. The minimum absolute atomic E-state index is 0.0659. The van der Waals surface area contributed by atoms with Gasteiger partial charge in [-0.2, -0.15) is 5.10 Å². The summed E-state index contributed by atoms with van der Waals surface area (Å²) in [4.78, 5) is 12.3. The number of phenolic OH excluding ortho intramolecular Hbond substituents is 1. The van der Waals surface area contributed by atoms with Crippen LogP contribution in [0.15, 0.2) is 48.7 Å². The van der Waals surface area contributed by atoms with Crippen molar-refractivity contribution in [3.05, 3.63) is 70.4 Å². The molecule has 0 spiro atoms. The maximum absolute atomic E-state index is 12.3. The Labute approximate surface area is 161 Å². The number of hydrogen-bond donors (Lipinski definition) is 2. The lowest BCUT2D eigenvalue weighted by molar-refractivity contribution is -0.116. The molecule has 1 atom stereocenters. The Balaban J connectivity index is 1.72. The van der Waals surface area contributed by atoms with Crippen molar-refractivity contribution >= 4 is 23.3 Å². The van der Waals surface area contributed by atoms with Crippen LogP contribution in [0.3, 0.4) is 0 Å². The van der Waals surface area contributed by atoms with E-state index in [1.54, 1.807) is 29.1 Å². The van der Waals surface area contributed by atoms with Crippen LogP contribution in [0.1, 0.15) is 29.0 Å². The lowest BCUT2D eigenvalue weighted by atomic mass is 9.87. The molecule has 1 amide bonds. The highest BCUT2D eigenvalue weighted by Crippen LogP contribution is 2.40. The Bertz CT molecular complexity index is 1020. The molecule has 0 radical (unpaired) electrons. The van der Waals surface area contributed by atoms with Gasteiger partial charge in [-0.05, 0) is 29.3 Å². The van der Waals surface area contributed by atoms with E-state index in [0.29, 0.717) is 29.6 Å². The van der Waals surface area contributed by atoms with E-state index < -0.39 is 0 Å². The van der Waals surface area contributed by atoms with E-state index in [4.69, 9.17) is 16.3 Å². The van der Waals surface area contributed by atoms with Gasteiger partial charge in [0.2, 0.25) is 5.91 Å². The first-order valence-electron chi connectivity index (χ1n) is 8.52. The fourth-order valence-corrected chi connectivity index (χ4v) is 3.58. The summed E-state index contributed by atoms with van der Waals surface area (Å²) in [5.41, 5.74) is 2.74. The zero-order valence-electron chi connectivity index (χ0n) is 14.6. The number of rotatable bonds is 4. The molecule has 2 N–H and O–H groups in total. The lowest BCUT2D eigenvalue weighted by Crippen LogP contribution is -2.25. The normalized spacial score (nSPS) is 15.9. The van der Waals surface area contributed by atoms with Crippen molar-refractivity contribution in [2.75, 3.05) is 12.4 Å². The third-order valence-corrected chi connectivity index (χ3v) is 5.14. The van der Waals surface area contributed by atoms with Crippen LogP contribution in [-0.2, 0) is 11.3 Å². The number of ether oxygens (including phenoxy) is 1. The number of fused-ring (bicyclic) bond motifs is 1. The average molecular weight is 384 g/mol. The number of methoxy groups -OCH3 is 1. The third-order valence-electron chi connectivity index (χ3n) is 4.77. The molecular weight excluding hydrogens is 366 g/mol. The number of nitrogens with zero attached hydrogens (tertiary/aromatic N) is 2. The van der Waals surface area contributed by atoms with Crippen molar-refractivity contribution in [3.8, 4) is 11.5 Å². The smallest absolute Gasteiger partial charge is 0.226 e. The maximum Gasteiger partial charge on any atom is 0.226 e. The zero-order valence-corrected chi connectivity index (χ0v) is 15.4. The zero-order chi connectivity index (χ0) is 19.0. The highest BCUT2D eigenvalue weighted by Gasteiger charge is 2.30. The molecular formula is C20H18ClN3O3. The van der Waals surface area contributed by atoms with Crippen LogP contribution in [-0.4, -0.2) is 27.9 Å². The second-order valence-electron chi connectivity index (χ2n) is 6.43. The molecule has 0 bridgehead atoms. The number of anilines is 1. The molecule has 27 heavy (non-hydrogen) atoms. The van der Waals surface area contributed by atoms with Crippen molar-refractivity contribution in [1.29, 1.82) is 0 Å². The van der Waals surface area contributed by atoms with Crippen molar-refractivity contribution in [2.24, 2.45) is 0 Å². The summed E-state index contributed by atoms with van der Waals surface area (Å²) in [5.74, 6) is 0.867. The van der Waals surface area contributed by atoms with E-state index in [1.807, 2.05) is 24.3 Å². The molecule has 1 aliphatic rings. The van der Waals surface area contributed by atoms with Crippen LogP contribution in [0.2, 0.25) is 5.02 Å². The molecule has 1 aromatic heterocycles. The number of aromatic hydroxyl groups is 1. The summed E-state index contributed by atoms with van der Waals surface area (Å²) in [6.07, 6.45) is 2.08. The highest BCUT2D eigenvalue weighted by molar-refractivity contribution is 6.31. The van der Waals surface area contributed by atoms with Crippen molar-refractivity contribution < 1.29 is 14.6 Å². The highest BCUT2D eigenvalue weighted by atomic mass is 35.5. The Morgan fingerprint density at radius 1 is 1.33 bits per heavy atom. The summed E-state index contributed by atoms with van der Waals surface area (Å²) in [6.45, 7) is 0.459. The molecule has 4 rings (SSSR count). The van der Waals surface area contributed by atoms with Gasteiger partial charge in [-0.25, -0.2) is 4.68 Å². The Morgan fingerprint density at radius 3 is 2.93 bits per heavy atom. The Hall–Kier alpha value is -2.99. The number of amides is 1. The van der Waals surface area contributed by atoms with E-state index >= 15 is 0 Å². The van der Waals surface area contributed by atoms with Gasteiger partial charge in [-0.15, -0.1) is 0 Å².